The largest absolute Gasteiger partial charge is 1.00 e. The molecule has 1 unspecified atom stereocenters. The average Bonchev–Trinajstić information content (AvgIpc) is 2.87. The minimum absolute atomic E-state index is 0. The van der Waals surface area contributed by atoms with Gasteiger partial charge in [-0.1, -0.05) is 35.3 Å². The molecule has 0 N–H and O–H groups in total. The molecule has 2 aromatic carbocycles. The van der Waals surface area contributed by atoms with E-state index < -0.39 is 27.0 Å². The standard InChI is InChI=1S/C16H12Cl2N4O4S.Na/c1-9-15(16(23)22(21-9)13-5-3-2-4-11(13)18)20-19-12-7-6-10(17)8-14(12)27(24,25)26;/h2-8,15H,1H3,(H,24,25,26);/q;+1/p-1. The molecule has 12 heteroatoms. The number of nitrogens with zero attached hydrogens (tertiary/aromatic N) is 4. The van der Waals surface area contributed by atoms with E-state index in [2.05, 4.69) is 15.3 Å². The number of halogens is 2. The molecule has 2 aromatic rings. The van der Waals surface area contributed by atoms with E-state index in [1.165, 1.54) is 12.1 Å². The summed E-state index contributed by atoms with van der Waals surface area (Å²) < 4.78 is 34.1. The van der Waals surface area contributed by atoms with Gasteiger partial charge >= 0.3 is 29.6 Å². The van der Waals surface area contributed by atoms with Gasteiger partial charge in [-0.25, -0.2) is 8.42 Å². The van der Waals surface area contributed by atoms with E-state index in [0.717, 1.165) is 11.1 Å². The van der Waals surface area contributed by atoms with Gasteiger partial charge in [0.15, 0.2) is 6.04 Å². The molecule has 1 heterocycles. The molecule has 1 aliphatic heterocycles. The molecular formula is C16H11Cl2N4NaO4S. The number of benzene rings is 2. The Hall–Kier alpha value is -1.33. The van der Waals surface area contributed by atoms with Crippen molar-refractivity contribution in [2.45, 2.75) is 17.9 Å². The molecule has 1 aliphatic rings. The summed E-state index contributed by atoms with van der Waals surface area (Å²) >= 11 is 11.8. The summed E-state index contributed by atoms with van der Waals surface area (Å²) in [6.45, 7) is 1.57. The second-order valence-corrected chi connectivity index (χ2v) is 7.72. The summed E-state index contributed by atoms with van der Waals surface area (Å²) in [6, 6.07) is 9.15. The van der Waals surface area contributed by atoms with Crippen LogP contribution in [0.4, 0.5) is 11.4 Å². The Morgan fingerprint density at radius 2 is 1.86 bits per heavy atom. The summed E-state index contributed by atoms with van der Waals surface area (Å²) in [5.74, 6) is -0.509. The van der Waals surface area contributed by atoms with Crippen molar-refractivity contribution in [3.8, 4) is 0 Å². The molecule has 0 saturated heterocycles. The molecule has 0 saturated carbocycles. The van der Waals surface area contributed by atoms with Crippen LogP contribution in [-0.4, -0.2) is 30.6 Å². The van der Waals surface area contributed by atoms with E-state index in [1.807, 2.05) is 0 Å². The van der Waals surface area contributed by atoms with Gasteiger partial charge in [0.25, 0.3) is 5.91 Å². The average molecular weight is 449 g/mol. The Labute approximate surface area is 193 Å². The topological polar surface area (TPSA) is 115 Å². The first-order valence-electron chi connectivity index (χ1n) is 7.48. The van der Waals surface area contributed by atoms with Gasteiger partial charge in [0.2, 0.25) is 0 Å². The van der Waals surface area contributed by atoms with Crippen molar-refractivity contribution in [1.82, 2.24) is 0 Å². The van der Waals surface area contributed by atoms with Crippen LogP contribution in [0.5, 0.6) is 0 Å². The van der Waals surface area contributed by atoms with E-state index in [9.17, 15) is 17.8 Å². The minimum atomic E-state index is -4.82. The monoisotopic (exact) mass is 448 g/mol. The van der Waals surface area contributed by atoms with Gasteiger partial charge in [-0.2, -0.15) is 20.3 Å². The second kappa shape index (κ2) is 9.00. The first-order chi connectivity index (χ1) is 12.7. The van der Waals surface area contributed by atoms with Crippen LogP contribution in [0.2, 0.25) is 10.0 Å². The van der Waals surface area contributed by atoms with Crippen LogP contribution in [0, 0.1) is 0 Å². The Kier molecular flexibility index (Phi) is 7.38. The smallest absolute Gasteiger partial charge is 0.744 e. The van der Waals surface area contributed by atoms with E-state index >= 15 is 0 Å². The maximum absolute atomic E-state index is 12.6. The normalized spacial score (nSPS) is 17.0. The number of anilines is 1. The van der Waals surface area contributed by atoms with Crippen molar-refractivity contribution in [2.24, 2.45) is 15.3 Å². The zero-order valence-electron chi connectivity index (χ0n) is 14.7. The van der Waals surface area contributed by atoms with Crippen molar-refractivity contribution in [2.75, 3.05) is 5.01 Å². The molecule has 0 bridgehead atoms. The maximum atomic E-state index is 12.6. The Bertz CT molecular complexity index is 1090. The van der Waals surface area contributed by atoms with Crippen LogP contribution in [0.1, 0.15) is 6.92 Å². The third-order valence-electron chi connectivity index (χ3n) is 3.65. The van der Waals surface area contributed by atoms with Gasteiger partial charge < -0.3 is 4.55 Å². The van der Waals surface area contributed by atoms with Crippen LogP contribution in [0.15, 0.2) is 62.7 Å². The fourth-order valence-corrected chi connectivity index (χ4v) is 3.46. The van der Waals surface area contributed by atoms with Crippen LogP contribution < -0.4 is 34.6 Å². The van der Waals surface area contributed by atoms with Crippen molar-refractivity contribution >= 4 is 56.3 Å². The van der Waals surface area contributed by atoms with Crippen molar-refractivity contribution < 1.29 is 47.3 Å². The molecule has 3 rings (SSSR count). The molecule has 8 nitrogen and oxygen atoms in total. The second-order valence-electron chi connectivity index (χ2n) is 5.53. The third kappa shape index (κ3) is 4.80. The van der Waals surface area contributed by atoms with E-state index in [-0.39, 0.29) is 40.3 Å². The Balaban J connectivity index is 0.00000280. The third-order valence-corrected chi connectivity index (χ3v) is 5.07. The zero-order chi connectivity index (χ0) is 19.8. The summed E-state index contributed by atoms with van der Waals surface area (Å²) in [5.41, 5.74) is 0.505. The predicted octanol–water partition coefficient (Wildman–Crippen LogP) is 0.777. The van der Waals surface area contributed by atoms with Crippen molar-refractivity contribution in [3.05, 3.63) is 52.5 Å². The Morgan fingerprint density at radius 3 is 2.50 bits per heavy atom. The van der Waals surface area contributed by atoms with Gasteiger partial charge in [-0.05, 0) is 37.3 Å². The summed E-state index contributed by atoms with van der Waals surface area (Å²) in [5, 5.41) is 13.3. The van der Waals surface area contributed by atoms with Gasteiger partial charge in [-0.15, -0.1) is 0 Å². The molecule has 1 atom stereocenters. The summed E-state index contributed by atoms with van der Waals surface area (Å²) in [7, 11) is -4.82. The number of azo groups is 1. The fourth-order valence-electron chi connectivity index (χ4n) is 2.38. The number of hydrazone groups is 1. The molecule has 140 valence electrons. The zero-order valence-corrected chi connectivity index (χ0v) is 19.0. The van der Waals surface area contributed by atoms with Crippen LogP contribution >= 0.6 is 23.2 Å². The van der Waals surface area contributed by atoms with Crippen molar-refractivity contribution in [3.63, 3.8) is 0 Å². The molecule has 0 aromatic heterocycles. The quantitative estimate of drug-likeness (QED) is 0.390. The number of para-hydroxylation sites is 1. The van der Waals surface area contributed by atoms with Crippen LogP contribution in [0.25, 0.3) is 0 Å². The molecule has 0 radical (unpaired) electrons. The Morgan fingerprint density at radius 1 is 1.18 bits per heavy atom. The minimum Gasteiger partial charge on any atom is -0.744 e. The van der Waals surface area contributed by atoms with Crippen LogP contribution in [-0.2, 0) is 14.9 Å². The van der Waals surface area contributed by atoms with E-state index in [4.69, 9.17) is 23.2 Å². The van der Waals surface area contributed by atoms with Crippen LogP contribution in [0.3, 0.4) is 0 Å². The van der Waals surface area contributed by atoms with Crippen molar-refractivity contribution in [1.29, 1.82) is 0 Å². The fraction of sp³-hybridized carbons (Fsp3) is 0.125. The van der Waals surface area contributed by atoms with Gasteiger partial charge in [0.1, 0.15) is 15.8 Å². The summed E-state index contributed by atoms with van der Waals surface area (Å²) in [4.78, 5) is 12.0. The molecular weight excluding hydrogens is 438 g/mol. The van der Waals surface area contributed by atoms with Gasteiger partial charge in [-0.3, -0.25) is 4.79 Å². The molecule has 0 spiro atoms. The molecule has 0 fully saturated rings. The number of rotatable bonds is 4. The predicted molar refractivity (Wildman–Crippen MR) is 99.8 cm³/mol. The first kappa shape index (κ1) is 23.0. The number of hydrogen-bond donors (Lipinski definition) is 0. The van der Waals surface area contributed by atoms with Gasteiger partial charge in [0.05, 0.1) is 21.3 Å². The van der Waals surface area contributed by atoms with E-state index in [0.29, 0.717) is 16.4 Å². The SMILES string of the molecule is CC1=NN(c2ccccc2Cl)C(=O)C1N=Nc1ccc(Cl)cc1S(=O)(=O)[O-].[Na+]. The number of hydrogen-bond acceptors (Lipinski definition) is 7. The summed E-state index contributed by atoms with van der Waals surface area (Å²) in [6.07, 6.45) is 0. The number of carbonyl (C=O) groups is 1. The molecule has 1 amide bonds. The number of carbonyl (C=O) groups excluding carboxylic acids is 1. The molecule has 28 heavy (non-hydrogen) atoms. The first-order valence-corrected chi connectivity index (χ1v) is 9.65. The van der Waals surface area contributed by atoms with Gasteiger partial charge in [0, 0.05) is 5.02 Å². The molecule has 0 aliphatic carbocycles. The van der Waals surface area contributed by atoms with E-state index in [1.54, 1.807) is 31.2 Å². The number of amides is 1. The maximum Gasteiger partial charge on any atom is 1.00 e.